The van der Waals surface area contributed by atoms with Crippen molar-refractivity contribution >= 4 is 11.3 Å². The van der Waals surface area contributed by atoms with Crippen molar-refractivity contribution in [3.63, 3.8) is 0 Å². The molecular weight excluding hydrogens is 218 g/mol. The monoisotopic (exact) mass is 241 g/mol. The molecule has 3 heteroatoms. The third kappa shape index (κ3) is 3.58. The Bertz CT molecular complexity index is 311. The minimum Gasteiger partial charge on any atom is -0.396 e. The second-order valence-electron chi connectivity index (χ2n) is 4.49. The van der Waals surface area contributed by atoms with Crippen molar-refractivity contribution in [3.05, 3.63) is 21.9 Å². The summed E-state index contributed by atoms with van der Waals surface area (Å²) in [6, 6.07) is 5.12. The van der Waals surface area contributed by atoms with Crippen LogP contribution in [-0.4, -0.2) is 17.8 Å². The van der Waals surface area contributed by atoms with Gasteiger partial charge in [0.25, 0.3) is 0 Å². The number of thiophene rings is 1. The molecule has 16 heavy (non-hydrogen) atoms. The fourth-order valence-corrected chi connectivity index (χ4v) is 2.58. The van der Waals surface area contributed by atoms with Crippen LogP contribution >= 0.6 is 11.3 Å². The molecule has 0 saturated heterocycles. The maximum Gasteiger partial charge on any atom is 0.0471 e. The largest absolute Gasteiger partial charge is 0.396 e. The molecule has 0 spiro atoms. The lowest BCUT2D eigenvalue weighted by Gasteiger charge is -2.23. The Morgan fingerprint density at radius 2 is 2.00 bits per heavy atom. The van der Waals surface area contributed by atoms with Crippen LogP contribution in [0.2, 0.25) is 0 Å². The van der Waals surface area contributed by atoms with Gasteiger partial charge in [-0.25, -0.2) is 0 Å². The van der Waals surface area contributed by atoms with Gasteiger partial charge in [-0.2, -0.15) is 0 Å². The van der Waals surface area contributed by atoms with Crippen LogP contribution in [0.15, 0.2) is 12.1 Å². The number of aliphatic hydroxyl groups is 1. The first-order valence-electron chi connectivity index (χ1n) is 6.04. The highest BCUT2D eigenvalue weighted by molar-refractivity contribution is 7.12. The zero-order valence-corrected chi connectivity index (χ0v) is 11.5. The minimum atomic E-state index is 0.242. The Morgan fingerprint density at radius 3 is 2.50 bits per heavy atom. The molecule has 0 bridgehead atoms. The van der Waals surface area contributed by atoms with E-state index in [-0.39, 0.29) is 6.61 Å². The van der Waals surface area contributed by atoms with E-state index in [4.69, 9.17) is 5.11 Å². The summed E-state index contributed by atoms with van der Waals surface area (Å²) in [7, 11) is 0. The van der Waals surface area contributed by atoms with Crippen LogP contribution in [0, 0.1) is 5.92 Å². The number of hydrogen-bond donors (Lipinski definition) is 2. The van der Waals surface area contributed by atoms with Crippen molar-refractivity contribution in [2.75, 3.05) is 6.61 Å². The molecule has 0 aliphatic carbocycles. The highest BCUT2D eigenvalue weighted by Gasteiger charge is 2.15. The van der Waals surface area contributed by atoms with E-state index in [0.717, 1.165) is 6.42 Å². The van der Waals surface area contributed by atoms with Crippen LogP contribution in [0.3, 0.4) is 0 Å². The van der Waals surface area contributed by atoms with Crippen molar-refractivity contribution in [1.29, 1.82) is 0 Å². The topological polar surface area (TPSA) is 32.3 Å². The fraction of sp³-hybridized carbons (Fsp3) is 0.692. The highest BCUT2D eigenvalue weighted by Crippen LogP contribution is 2.24. The summed E-state index contributed by atoms with van der Waals surface area (Å²) in [4.78, 5) is 2.82. The Hall–Kier alpha value is -0.380. The summed E-state index contributed by atoms with van der Waals surface area (Å²) < 4.78 is 0. The van der Waals surface area contributed by atoms with Gasteiger partial charge >= 0.3 is 0 Å². The summed E-state index contributed by atoms with van der Waals surface area (Å²) in [5.41, 5.74) is 0. The van der Waals surface area contributed by atoms with E-state index in [1.54, 1.807) is 0 Å². The normalized spacial score (nSPS) is 17.1. The van der Waals surface area contributed by atoms with Gasteiger partial charge in [0.05, 0.1) is 0 Å². The molecule has 92 valence electrons. The van der Waals surface area contributed by atoms with Gasteiger partial charge in [0.1, 0.15) is 0 Å². The SMILES string of the molecule is CCc1ccc(C(C)NC(C)C(C)CO)s1. The molecule has 1 aromatic rings. The molecule has 3 unspecified atom stereocenters. The van der Waals surface area contributed by atoms with Gasteiger partial charge in [-0.3, -0.25) is 0 Å². The molecule has 0 amide bonds. The molecule has 1 rings (SSSR count). The minimum absolute atomic E-state index is 0.242. The predicted molar refractivity (Wildman–Crippen MR) is 71.0 cm³/mol. The maximum absolute atomic E-state index is 9.09. The molecule has 0 radical (unpaired) electrons. The standard InChI is InChI=1S/C13H23NOS/c1-5-12-6-7-13(16-12)11(4)14-10(3)9(2)8-15/h6-7,9-11,14-15H,5,8H2,1-4H3. The molecule has 1 heterocycles. The Balaban J connectivity index is 2.54. The van der Waals surface area contributed by atoms with Crippen molar-refractivity contribution in [1.82, 2.24) is 5.32 Å². The van der Waals surface area contributed by atoms with Gasteiger partial charge in [0.15, 0.2) is 0 Å². The lowest BCUT2D eigenvalue weighted by atomic mass is 10.0. The second kappa shape index (κ2) is 6.38. The predicted octanol–water partition coefficient (Wildman–Crippen LogP) is 2.98. The van der Waals surface area contributed by atoms with Crippen LogP contribution in [-0.2, 0) is 6.42 Å². The molecule has 0 aliphatic rings. The first kappa shape index (κ1) is 13.7. The summed E-state index contributed by atoms with van der Waals surface area (Å²) in [5, 5.41) is 12.6. The van der Waals surface area contributed by atoms with E-state index >= 15 is 0 Å². The van der Waals surface area contributed by atoms with Crippen molar-refractivity contribution in [3.8, 4) is 0 Å². The Kier molecular flexibility index (Phi) is 5.46. The summed E-state index contributed by atoms with van der Waals surface area (Å²) >= 11 is 1.88. The van der Waals surface area contributed by atoms with E-state index in [1.165, 1.54) is 9.75 Å². The van der Waals surface area contributed by atoms with E-state index in [9.17, 15) is 0 Å². The highest BCUT2D eigenvalue weighted by atomic mass is 32.1. The second-order valence-corrected chi connectivity index (χ2v) is 5.69. The quantitative estimate of drug-likeness (QED) is 0.802. The number of aryl methyl sites for hydroxylation is 1. The summed E-state index contributed by atoms with van der Waals surface area (Å²) in [6.45, 7) is 8.81. The maximum atomic E-state index is 9.09. The lowest BCUT2D eigenvalue weighted by molar-refractivity contribution is 0.202. The van der Waals surface area contributed by atoms with Crippen LogP contribution in [0.1, 0.15) is 43.5 Å². The van der Waals surface area contributed by atoms with E-state index in [0.29, 0.717) is 18.0 Å². The fourth-order valence-electron chi connectivity index (χ4n) is 1.62. The van der Waals surface area contributed by atoms with Crippen molar-refractivity contribution in [2.45, 2.75) is 46.2 Å². The van der Waals surface area contributed by atoms with Gasteiger partial charge in [0.2, 0.25) is 0 Å². The average Bonchev–Trinajstić information content (AvgIpc) is 2.76. The number of rotatable bonds is 6. The number of hydrogen-bond acceptors (Lipinski definition) is 3. The molecule has 0 saturated carbocycles. The van der Waals surface area contributed by atoms with Crippen LogP contribution < -0.4 is 5.32 Å². The molecule has 2 nitrogen and oxygen atoms in total. The van der Waals surface area contributed by atoms with Crippen LogP contribution in [0.5, 0.6) is 0 Å². The van der Waals surface area contributed by atoms with Gasteiger partial charge in [0, 0.05) is 28.4 Å². The van der Waals surface area contributed by atoms with E-state index in [1.807, 2.05) is 11.3 Å². The first-order chi connectivity index (χ1) is 7.58. The smallest absolute Gasteiger partial charge is 0.0471 e. The van der Waals surface area contributed by atoms with E-state index < -0.39 is 0 Å². The average molecular weight is 241 g/mol. The van der Waals surface area contributed by atoms with Gasteiger partial charge < -0.3 is 10.4 Å². The molecule has 3 atom stereocenters. The number of aliphatic hydroxyl groups excluding tert-OH is 1. The summed E-state index contributed by atoms with van der Waals surface area (Å²) in [6.07, 6.45) is 1.11. The third-order valence-electron chi connectivity index (χ3n) is 3.11. The molecule has 1 aromatic heterocycles. The summed E-state index contributed by atoms with van der Waals surface area (Å²) in [5.74, 6) is 0.299. The van der Waals surface area contributed by atoms with E-state index in [2.05, 4.69) is 45.1 Å². The molecule has 0 fully saturated rings. The molecule has 0 aromatic carbocycles. The zero-order valence-electron chi connectivity index (χ0n) is 10.7. The molecular formula is C13H23NOS. The lowest BCUT2D eigenvalue weighted by Crippen LogP contribution is -2.35. The molecule has 2 N–H and O–H groups in total. The molecule has 0 aliphatic heterocycles. The van der Waals surface area contributed by atoms with Crippen LogP contribution in [0.4, 0.5) is 0 Å². The Morgan fingerprint density at radius 1 is 1.31 bits per heavy atom. The van der Waals surface area contributed by atoms with Crippen molar-refractivity contribution < 1.29 is 5.11 Å². The van der Waals surface area contributed by atoms with Gasteiger partial charge in [-0.15, -0.1) is 11.3 Å². The van der Waals surface area contributed by atoms with Crippen molar-refractivity contribution in [2.24, 2.45) is 5.92 Å². The van der Waals surface area contributed by atoms with Crippen LogP contribution in [0.25, 0.3) is 0 Å². The van der Waals surface area contributed by atoms with Gasteiger partial charge in [-0.05, 0) is 38.3 Å². The first-order valence-corrected chi connectivity index (χ1v) is 6.85. The zero-order chi connectivity index (χ0) is 12.1. The van der Waals surface area contributed by atoms with Gasteiger partial charge in [-0.1, -0.05) is 13.8 Å². The third-order valence-corrected chi connectivity index (χ3v) is 4.52. The Labute approximate surface area is 103 Å². The number of nitrogens with one attached hydrogen (secondary N) is 1.